The molecule has 0 bridgehead atoms. The van der Waals surface area contributed by atoms with Gasteiger partial charge < -0.3 is 14.6 Å². The summed E-state index contributed by atoms with van der Waals surface area (Å²) in [7, 11) is 0. The van der Waals surface area contributed by atoms with Gasteiger partial charge in [0, 0.05) is 19.1 Å². The lowest BCUT2D eigenvalue weighted by atomic mass is 9.97. The van der Waals surface area contributed by atoms with Gasteiger partial charge in [0.05, 0.1) is 12.2 Å². The number of carbonyl (C=O) groups is 1. The number of hydrogen-bond donors (Lipinski definition) is 1. The van der Waals surface area contributed by atoms with Gasteiger partial charge in [-0.2, -0.15) is 0 Å². The molecule has 3 rings (SSSR count). The molecule has 2 aromatic heterocycles. The van der Waals surface area contributed by atoms with Gasteiger partial charge in [-0.15, -0.1) is 10.2 Å². The fourth-order valence-electron chi connectivity index (χ4n) is 2.85. The van der Waals surface area contributed by atoms with Gasteiger partial charge in [0.2, 0.25) is 5.91 Å². The van der Waals surface area contributed by atoms with Gasteiger partial charge in [0.15, 0.2) is 11.6 Å². The first-order valence-electron chi connectivity index (χ1n) is 8.06. The topological polar surface area (TPSA) is 71.3 Å². The van der Waals surface area contributed by atoms with Crippen LogP contribution in [0, 0.1) is 5.92 Å². The molecule has 1 aliphatic rings. The van der Waals surface area contributed by atoms with E-state index in [1.807, 2.05) is 38.1 Å². The predicted molar refractivity (Wildman–Crippen MR) is 87.9 cm³/mol. The number of carbonyl (C=O) groups excluding carboxylic acids is 1. The Labute approximate surface area is 135 Å². The lowest BCUT2D eigenvalue weighted by Crippen LogP contribution is -2.45. The Balaban J connectivity index is 1.68. The smallest absolute Gasteiger partial charge is 0.225 e. The van der Waals surface area contributed by atoms with Gasteiger partial charge >= 0.3 is 0 Å². The Morgan fingerprint density at radius 3 is 2.87 bits per heavy atom. The molecule has 1 unspecified atom stereocenters. The van der Waals surface area contributed by atoms with Crippen molar-refractivity contribution in [2.45, 2.75) is 32.7 Å². The summed E-state index contributed by atoms with van der Waals surface area (Å²) in [4.78, 5) is 14.3. The van der Waals surface area contributed by atoms with Crippen LogP contribution in [-0.2, 0) is 4.79 Å². The molecule has 0 aliphatic carbocycles. The summed E-state index contributed by atoms with van der Waals surface area (Å²) in [5.41, 5.74) is 0.713. The van der Waals surface area contributed by atoms with E-state index in [2.05, 4.69) is 20.4 Å². The summed E-state index contributed by atoms with van der Waals surface area (Å²) >= 11 is 0. The molecule has 23 heavy (non-hydrogen) atoms. The minimum atomic E-state index is 0.0118. The van der Waals surface area contributed by atoms with Crippen LogP contribution in [0.25, 0.3) is 11.5 Å². The second-order valence-electron chi connectivity index (χ2n) is 6.20. The Morgan fingerprint density at radius 1 is 1.35 bits per heavy atom. The molecule has 6 nitrogen and oxygen atoms in total. The van der Waals surface area contributed by atoms with Crippen LogP contribution in [0.3, 0.4) is 0 Å². The summed E-state index contributed by atoms with van der Waals surface area (Å²) < 4.78 is 5.32. The van der Waals surface area contributed by atoms with E-state index < -0.39 is 0 Å². The Hall–Kier alpha value is -2.37. The molecule has 0 saturated carbocycles. The van der Waals surface area contributed by atoms with Gasteiger partial charge in [0.25, 0.3) is 0 Å². The average molecular weight is 314 g/mol. The van der Waals surface area contributed by atoms with Gasteiger partial charge in [-0.3, -0.25) is 4.79 Å². The summed E-state index contributed by atoms with van der Waals surface area (Å²) in [6.07, 6.45) is 3.53. The van der Waals surface area contributed by atoms with E-state index >= 15 is 0 Å². The van der Waals surface area contributed by atoms with E-state index in [9.17, 15) is 4.79 Å². The lowest BCUT2D eigenvalue weighted by Gasteiger charge is -2.32. The van der Waals surface area contributed by atoms with Crippen molar-refractivity contribution < 1.29 is 9.21 Å². The van der Waals surface area contributed by atoms with Gasteiger partial charge in [-0.05, 0) is 51.0 Å². The highest BCUT2D eigenvalue weighted by atomic mass is 16.3. The molecule has 122 valence electrons. The first kappa shape index (κ1) is 15.5. The van der Waals surface area contributed by atoms with Gasteiger partial charge in [-0.25, -0.2) is 0 Å². The van der Waals surface area contributed by atoms with E-state index in [0.29, 0.717) is 18.0 Å². The van der Waals surface area contributed by atoms with Gasteiger partial charge in [-0.1, -0.05) is 0 Å². The first-order chi connectivity index (χ1) is 11.1. The maximum absolute atomic E-state index is 12.2. The number of piperidine rings is 1. The number of aromatic nitrogens is 2. The third-order valence-electron chi connectivity index (χ3n) is 3.97. The quantitative estimate of drug-likeness (QED) is 0.938. The highest BCUT2D eigenvalue weighted by Crippen LogP contribution is 2.23. The highest BCUT2D eigenvalue weighted by molar-refractivity contribution is 5.79. The Kier molecular flexibility index (Phi) is 4.60. The molecule has 2 aromatic rings. The van der Waals surface area contributed by atoms with Crippen molar-refractivity contribution in [1.82, 2.24) is 15.5 Å². The molecule has 0 radical (unpaired) electrons. The highest BCUT2D eigenvalue weighted by Gasteiger charge is 2.27. The van der Waals surface area contributed by atoms with Crippen molar-refractivity contribution in [3.8, 4) is 11.5 Å². The second-order valence-corrected chi connectivity index (χ2v) is 6.20. The van der Waals surface area contributed by atoms with Crippen LogP contribution in [-0.4, -0.2) is 35.2 Å². The Morgan fingerprint density at radius 2 is 2.22 bits per heavy atom. The largest absolute Gasteiger partial charge is 0.463 e. The fraction of sp³-hybridized carbons (Fsp3) is 0.471. The molecule has 0 spiro atoms. The van der Waals surface area contributed by atoms with Crippen LogP contribution in [0.15, 0.2) is 34.9 Å². The van der Waals surface area contributed by atoms with Crippen molar-refractivity contribution in [2.24, 2.45) is 5.92 Å². The molecule has 1 atom stereocenters. The van der Waals surface area contributed by atoms with Crippen LogP contribution in [0.5, 0.6) is 0 Å². The normalized spacial score (nSPS) is 18.2. The molecule has 3 heterocycles. The summed E-state index contributed by atoms with van der Waals surface area (Å²) in [6.45, 7) is 5.56. The number of furan rings is 1. The standard InChI is InChI=1S/C17H22N4O2/c1-12(2)18-17(22)13-5-3-9-21(11-13)16-8-7-14(19-20-16)15-6-4-10-23-15/h4,6-8,10,12-13H,3,5,9,11H2,1-2H3,(H,18,22). The van der Waals surface area contributed by atoms with E-state index in [1.54, 1.807) is 6.26 Å². The fourth-order valence-corrected chi connectivity index (χ4v) is 2.85. The molecule has 1 amide bonds. The van der Waals surface area contributed by atoms with Crippen LogP contribution in [0.4, 0.5) is 5.82 Å². The molecular weight excluding hydrogens is 292 g/mol. The number of amides is 1. The Bertz CT molecular complexity index is 637. The molecule has 1 saturated heterocycles. The summed E-state index contributed by atoms with van der Waals surface area (Å²) in [5.74, 6) is 1.65. The number of nitrogens with zero attached hydrogens (tertiary/aromatic N) is 3. The molecule has 1 N–H and O–H groups in total. The zero-order valence-electron chi connectivity index (χ0n) is 13.5. The zero-order valence-corrected chi connectivity index (χ0v) is 13.5. The first-order valence-corrected chi connectivity index (χ1v) is 8.06. The molecule has 1 aliphatic heterocycles. The molecule has 6 heteroatoms. The maximum Gasteiger partial charge on any atom is 0.225 e. The maximum atomic E-state index is 12.2. The predicted octanol–water partition coefficient (Wildman–Crippen LogP) is 2.48. The lowest BCUT2D eigenvalue weighted by molar-refractivity contribution is -0.125. The minimum absolute atomic E-state index is 0.0118. The minimum Gasteiger partial charge on any atom is -0.463 e. The van der Waals surface area contributed by atoms with Crippen molar-refractivity contribution in [1.29, 1.82) is 0 Å². The summed E-state index contributed by atoms with van der Waals surface area (Å²) in [6, 6.07) is 7.70. The SMILES string of the molecule is CC(C)NC(=O)C1CCCN(c2ccc(-c3ccco3)nn2)C1. The zero-order chi connectivity index (χ0) is 16.2. The van der Waals surface area contributed by atoms with E-state index in [1.165, 1.54) is 0 Å². The second kappa shape index (κ2) is 6.81. The van der Waals surface area contributed by atoms with Crippen molar-refractivity contribution in [3.63, 3.8) is 0 Å². The number of rotatable bonds is 4. The number of anilines is 1. The van der Waals surface area contributed by atoms with Crippen LogP contribution in [0.1, 0.15) is 26.7 Å². The van der Waals surface area contributed by atoms with Crippen LogP contribution >= 0.6 is 0 Å². The van der Waals surface area contributed by atoms with Crippen LogP contribution in [0.2, 0.25) is 0 Å². The molecule has 0 aromatic carbocycles. The van der Waals surface area contributed by atoms with Gasteiger partial charge in [0.1, 0.15) is 5.69 Å². The van der Waals surface area contributed by atoms with Crippen LogP contribution < -0.4 is 10.2 Å². The monoisotopic (exact) mass is 314 g/mol. The molecule has 1 fully saturated rings. The van der Waals surface area contributed by atoms with E-state index in [0.717, 1.165) is 25.2 Å². The van der Waals surface area contributed by atoms with Crippen molar-refractivity contribution in [2.75, 3.05) is 18.0 Å². The van der Waals surface area contributed by atoms with Crippen molar-refractivity contribution in [3.05, 3.63) is 30.5 Å². The third-order valence-corrected chi connectivity index (χ3v) is 3.97. The average Bonchev–Trinajstić information content (AvgIpc) is 3.09. The van der Waals surface area contributed by atoms with E-state index in [4.69, 9.17) is 4.42 Å². The third kappa shape index (κ3) is 3.70. The van der Waals surface area contributed by atoms with Crippen molar-refractivity contribution >= 4 is 11.7 Å². The summed E-state index contributed by atoms with van der Waals surface area (Å²) in [5, 5.41) is 11.5. The molecular formula is C17H22N4O2. The number of hydrogen-bond acceptors (Lipinski definition) is 5. The number of nitrogens with one attached hydrogen (secondary N) is 1. The van der Waals surface area contributed by atoms with E-state index in [-0.39, 0.29) is 17.9 Å².